The maximum Gasteiger partial charge on any atom is 0.272 e. The zero-order valence-electron chi connectivity index (χ0n) is 18.0. The number of fused-ring (bicyclic) bond motifs is 1. The minimum atomic E-state index is -0.236. The zero-order chi connectivity index (χ0) is 22.1. The van der Waals surface area contributed by atoms with Crippen molar-refractivity contribution in [2.24, 2.45) is 0 Å². The summed E-state index contributed by atoms with van der Waals surface area (Å²) in [5.41, 5.74) is 5.78. The highest BCUT2D eigenvalue weighted by Crippen LogP contribution is 2.35. The van der Waals surface area contributed by atoms with Gasteiger partial charge in [-0.3, -0.25) is 4.79 Å². The van der Waals surface area contributed by atoms with E-state index >= 15 is 0 Å². The van der Waals surface area contributed by atoms with Crippen LogP contribution in [0.4, 0.5) is 4.39 Å². The Morgan fingerprint density at radius 2 is 1.81 bits per heavy atom. The molecule has 3 heterocycles. The van der Waals surface area contributed by atoms with Crippen LogP contribution < -0.4 is 5.32 Å². The standard InChI is InChI=1S/C26H25FN4O/c1-18-20(9-5-10-22(18)27)17-21-24(19-7-3-2-4-8-19)23-11-6-12-29-31(23)25(21)26(32)30-15-13-28-14-16-30/h2-12,28H,13-17H2,1H3. The van der Waals surface area contributed by atoms with Crippen molar-refractivity contribution in [3.8, 4) is 11.1 Å². The van der Waals surface area contributed by atoms with Crippen LogP contribution in [0.1, 0.15) is 27.2 Å². The number of aromatic nitrogens is 2. The summed E-state index contributed by atoms with van der Waals surface area (Å²) in [4.78, 5) is 15.7. The van der Waals surface area contributed by atoms with E-state index in [0.717, 1.165) is 40.9 Å². The van der Waals surface area contributed by atoms with Crippen LogP contribution >= 0.6 is 0 Å². The molecule has 1 fully saturated rings. The Bertz CT molecular complexity index is 1280. The number of hydrogen-bond acceptors (Lipinski definition) is 3. The van der Waals surface area contributed by atoms with Gasteiger partial charge in [0, 0.05) is 44.4 Å². The van der Waals surface area contributed by atoms with Crippen molar-refractivity contribution in [3.05, 3.63) is 95.1 Å². The summed E-state index contributed by atoms with van der Waals surface area (Å²) in [5.74, 6) is -0.271. The molecule has 2 aromatic heterocycles. The number of amides is 1. The van der Waals surface area contributed by atoms with Gasteiger partial charge in [0.2, 0.25) is 0 Å². The molecule has 5 nitrogen and oxygen atoms in total. The molecule has 1 N–H and O–H groups in total. The lowest BCUT2D eigenvalue weighted by Gasteiger charge is -2.27. The van der Waals surface area contributed by atoms with Gasteiger partial charge >= 0.3 is 0 Å². The van der Waals surface area contributed by atoms with Crippen molar-refractivity contribution in [3.63, 3.8) is 0 Å². The molecule has 2 aromatic carbocycles. The monoisotopic (exact) mass is 428 g/mol. The highest BCUT2D eigenvalue weighted by molar-refractivity contribution is 6.01. The normalized spacial score (nSPS) is 14.1. The van der Waals surface area contributed by atoms with Crippen LogP contribution in [0.25, 0.3) is 16.6 Å². The molecule has 0 saturated carbocycles. The molecule has 0 unspecified atom stereocenters. The molecule has 0 atom stereocenters. The van der Waals surface area contributed by atoms with Gasteiger partial charge in [-0.25, -0.2) is 8.91 Å². The van der Waals surface area contributed by atoms with Crippen LogP contribution in [-0.2, 0) is 6.42 Å². The lowest BCUT2D eigenvalue weighted by molar-refractivity contribution is 0.0726. The predicted molar refractivity (Wildman–Crippen MR) is 123 cm³/mol. The maximum absolute atomic E-state index is 14.4. The average molecular weight is 429 g/mol. The molecule has 32 heavy (non-hydrogen) atoms. The number of halogens is 1. The lowest BCUT2D eigenvalue weighted by Crippen LogP contribution is -2.47. The van der Waals surface area contributed by atoms with Crippen LogP contribution in [0, 0.1) is 12.7 Å². The Labute approximate surface area is 186 Å². The second-order valence-corrected chi connectivity index (χ2v) is 8.13. The zero-order valence-corrected chi connectivity index (χ0v) is 18.0. The molecule has 1 amide bonds. The van der Waals surface area contributed by atoms with Gasteiger partial charge in [-0.15, -0.1) is 0 Å². The van der Waals surface area contributed by atoms with Crippen molar-refractivity contribution < 1.29 is 9.18 Å². The molecule has 1 aliphatic rings. The first-order chi connectivity index (χ1) is 15.6. The maximum atomic E-state index is 14.4. The largest absolute Gasteiger partial charge is 0.335 e. The van der Waals surface area contributed by atoms with Gasteiger partial charge < -0.3 is 10.2 Å². The number of piperazine rings is 1. The van der Waals surface area contributed by atoms with Crippen molar-refractivity contribution in [1.82, 2.24) is 19.8 Å². The van der Waals surface area contributed by atoms with Crippen LogP contribution in [-0.4, -0.2) is 46.6 Å². The molecule has 0 bridgehead atoms. The summed E-state index contributed by atoms with van der Waals surface area (Å²) < 4.78 is 16.1. The first-order valence-electron chi connectivity index (χ1n) is 10.9. The lowest BCUT2D eigenvalue weighted by atomic mass is 9.93. The summed E-state index contributed by atoms with van der Waals surface area (Å²) in [6.45, 7) is 4.63. The Kier molecular flexibility index (Phi) is 5.45. The number of hydrogen-bond donors (Lipinski definition) is 1. The molecule has 1 saturated heterocycles. The second-order valence-electron chi connectivity index (χ2n) is 8.13. The summed E-state index contributed by atoms with van der Waals surface area (Å²) in [6, 6.07) is 19.1. The summed E-state index contributed by atoms with van der Waals surface area (Å²) in [5, 5.41) is 7.86. The predicted octanol–water partition coefficient (Wildman–Crippen LogP) is 4.09. The smallest absolute Gasteiger partial charge is 0.272 e. The van der Waals surface area contributed by atoms with E-state index in [4.69, 9.17) is 0 Å². The van der Waals surface area contributed by atoms with Gasteiger partial charge in [-0.2, -0.15) is 5.10 Å². The molecule has 162 valence electrons. The summed E-state index contributed by atoms with van der Waals surface area (Å²) >= 11 is 0. The van der Waals surface area contributed by atoms with Gasteiger partial charge in [0.1, 0.15) is 11.5 Å². The van der Waals surface area contributed by atoms with Crippen LogP contribution in [0.3, 0.4) is 0 Å². The van der Waals surface area contributed by atoms with Crippen molar-refractivity contribution >= 4 is 11.4 Å². The molecule has 4 aromatic rings. The molecule has 1 aliphatic heterocycles. The van der Waals surface area contributed by atoms with E-state index in [2.05, 4.69) is 10.4 Å². The van der Waals surface area contributed by atoms with Crippen LogP contribution in [0.2, 0.25) is 0 Å². The van der Waals surface area contributed by atoms with Crippen molar-refractivity contribution in [2.45, 2.75) is 13.3 Å². The average Bonchev–Trinajstić information content (AvgIpc) is 3.16. The number of carbonyl (C=O) groups is 1. The Balaban J connectivity index is 1.76. The third-order valence-corrected chi connectivity index (χ3v) is 6.22. The van der Waals surface area contributed by atoms with Gasteiger partial charge in [-0.05, 0) is 47.4 Å². The first kappa shape index (κ1) is 20.4. The van der Waals surface area contributed by atoms with Gasteiger partial charge in [0.25, 0.3) is 5.91 Å². The first-order valence-corrected chi connectivity index (χ1v) is 10.9. The van der Waals surface area contributed by atoms with Gasteiger partial charge in [0.05, 0.1) is 5.52 Å². The van der Waals surface area contributed by atoms with Crippen LogP contribution in [0.15, 0.2) is 66.9 Å². The van der Waals surface area contributed by atoms with E-state index in [1.54, 1.807) is 23.7 Å². The number of nitrogens with one attached hydrogen (secondary N) is 1. The van der Waals surface area contributed by atoms with E-state index in [1.165, 1.54) is 6.07 Å². The Morgan fingerprint density at radius 1 is 1.03 bits per heavy atom. The Hall–Kier alpha value is -3.51. The fourth-order valence-electron chi connectivity index (χ4n) is 4.51. The quantitative estimate of drug-likeness (QED) is 0.533. The third-order valence-electron chi connectivity index (χ3n) is 6.22. The topological polar surface area (TPSA) is 49.6 Å². The fourth-order valence-corrected chi connectivity index (χ4v) is 4.51. The molecule has 0 radical (unpaired) electrons. The molecule has 0 spiro atoms. The van der Waals surface area contributed by atoms with Gasteiger partial charge in [0.15, 0.2) is 0 Å². The van der Waals surface area contributed by atoms with Crippen molar-refractivity contribution in [1.29, 1.82) is 0 Å². The van der Waals surface area contributed by atoms with E-state index in [1.807, 2.05) is 53.4 Å². The van der Waals surface area contributed by atoms with E-state index in [-0.39, 0.29) is 11.7 Å². The molecular formula is C26H25FN4O. The fraction of sp³-hybridized carbons (Fsp3) is 0.231. The van der Waals surface area contributed by atoms with Crippen molar-refractivity contribution in [2.75, 3.05) is 26.2 Å². The van der Waals surface area contributed by atoms with E-state index in [0.29, 0.717) is 30.8 Å². The summed E-state index contributed by atoms with van der Waals surface area (Å²) in [7, 11) is 0. The van der Waals surface area contributed by atoms with Crippen LogP contribution in [0.5, 0.6) is 0 Å². The van der Waals surface area contributed by atoms with Gasteiger partial charge in [-0.1, -0.05) is 42.5 Å². The number of carbonyl (C=O) groups excluding carboxylic acids is 1. The number of rotatable bonds is 4. The number of benzene rings is 2. The van der Waals surface area contributed by atoms with E-state index in [9.17, 15) is 9.18 Å². The minimum absolute atomic E-state index is 0.0357. The Morgan fingerprint density at radius 3 is 2.59 bits per heavy atom. The highest BCUT2D eigenvalue weighted by Gasteiger charge is 2.29. The number of nitrogens with zero attached hydrogens (tertiary/aromatic N) is 3. The third kappa shape index (κ3) is 3.56. The minimum Gasteiger partial charge on any atom is -0.335 e. The van der Waals surface area contributed by atoms with E-state index < -0.39 is 0 Å². The highest BCUT2D eigenvalue weighted by atomic mass is 19.1. The summed E-state index contributed by atoms with van der Waals surface area (Å²) in [6.07, 6.45) is 2.15. The molecule has 0 aliphatic carbocycles. The molecule has 6 heteroatoms. The second kappa shape index (κ2) is 8.55. The molecular weight excluding hydrogens is 403 g/mol. The SMILES string of the molecule is Cc1c(F)cccc1Cc1c(-c2ccccc2)c2cccnn2c1C(=O)N1CCNCC1. The molecule has 5 rings (SSSR count).